The van der Waals surface area contributed by atoms with Crippen molar-refractivity contribution in [2.45, 2.75) is 0 Å². The Hall–Kier alpha value is 1.00. The van der Waals surface area contributed by atoms with Crippen LogP contribution in [0, 0.1) is 0 Å². The molecule has 34 valence electrons. The largest absolute Gasteiger partial charge is 0.631 e. The first-order chi connectivity index (χ1) is 1.73. The molecular weight excluding hydrogens is 119 g/mol. The zero-order valence-corrected chi connectivity index (χ0v) is 5.27. The minimum atomic E-state index is -2.17. The quantitative estimate of drug-likeness (QED) is 0.326. The van der Waals surface area contributed by atoms with E-state index in [1.165, 1.54) is 0 Å². The molecule has 0 saturated heterocycles. The van der Waals surface area contributed by atoms with Gasteiger partial charge in [0.15, 0.2) is 0 Å². The maximum absolute atomic E-state index is 7.17. The maximum atomic E-state index is 7.17. The lowest BCUT2D eigenvalue weighted by atomic mass is 10.3. The van der Waals surface area contributed by atoms with Crippen molar-refractivity contribution >= 4 is 42.8 Å². The molecule has 0 rings (SSSR count). The SMILES string of the molecule is Cl.OB(O)O.[Mg]. The molecule has 2 radical (unpaired) electrons. The summed E-state index contributed by atoms with van der Waals surface area (Å²) in [6.07, 6.45) is 0. The standard InChI is InChI=1S/BH3O3.ClH.Mg/c2-1(3)4;;/h2-4H;1H;. The average Bonchev–Trinajstić information content (AvgIpc) is 0.811. The summed E-state index contributed by atoms with van der Waals surface area (Å²) in [7, 11) is -2.17. The summed E-state index contributed by atoms with van der Waals surface area (Å²) in [5, 5.41) is 21.5. The summed E-state index contributed by atoms with van der Waals surface area (Å²) in [6, 6.07) is 0. The first-order valence-electron chi connectivity index (χ1n) is 0.775. The van der Waals surface area contributed by atoms with Crippen LogP contribution in [0.15, 0.2) is 0 Å². The highest BCUT2D eigenvalue weighted by Gasteiger charge is 1.92. The smallest absolute Gasteiger partial charge is 0.402 e. The molecule has 6 heteroatoms. The molecule has 0 aliphatic heterocycles. The topological polar surface area (TPSA) is 60.7 Å². The summed E-state index contributed by atoms with van der Waals surface area (Å²) in [4.78, 5) is 0. The Morgan fingerprint density at radius 2 is 1.00 bits per heavy atom. The molecule has 0 fully saturated rings. The van der Waals surface area contributed by atoms with Crippen molar-refractivity contribution in [1.82, 2.24) is 0 Å². The Labute approximate surface area is 58.1 Å². The number of halogens is 1. The second-order valence-electron chi connectivity index (χ2n) is 0.346. The second kappa shape index (κ2) is 9.38. The van der Waals surface area contributed by atoms with Crippen LogP contribution in [-0.4, -0.2) is 45.4 Å². The number of rotatable bonds is 0. The van der Waals surface area contributed by atoms with Crippen molar-refractivity contribution in [2.75, 3.05) is 0 Å². The van der Waals surface area contributed by atoms with Gasteiger partial charge >= 0.3 is 7.32 Å². The van der Waals surface area contributed by atoms with Crippen molar-refractivity contribution in [3.8, 4) is 0 Å². The molecule has 0 spiro atoms. The molecular formula is H4BClMgO3. The van der Waals surface area contributed by atoms with Crippen LogP contribution in [0.4, 0.5) is 0 Å². The number of hydrogen-bond donors (Lipinski definition) is 3. The van der Waals surface area contributed by atoms with E-state index in [9.17, 15) is 0 Å². The summed E-state index contributed by atoms with van der Waals surface area (Å²) >= 11 is 0. The predicted octanol–water partition coefficient (Wildman–Crippen LogP) is -2.01. The molecule has 0 aromatic carbocycles. The fourth-order valence-corrected chi connectivity index (χ4v) is 0. The van der Waals surface area contributed by atoms with E-state index in [4.69, 9.17) is 15.1 Å². The van der Waals surface area contributed by atoms with Crippen LogP contribution in [-0.2, 0) is 0 Å². The zero-order valence-electron chi connectivity index (χ0n) is 3.03. The molecule has 6 heavy (non-hydrogen) atoms. The van der Waals surface area contributed by atoms with Crippen LogP contribution in [0.2, 0.25) is 0 Å². The highest BCUT2D eigenvalue weighted by molar-refractivity contribution is 6.30. The Morgan fingerprint density at radius 1 is 1.00 bits per heavy atom. The van der Waals surface area contributed by atoms with Crippen LogP contribution in [0.25, 0.3) is 0 Å². The van der Waals surface area contributed by atoms with E-state index in [0.29, 0.717) is 0 Å². The number of hydrogen-bond acceptors (Lipinski definition) is 3. The molecule has 0 unspecified atom stereocenters. The highest BCUT2D eigenvalue weighted by Crippen LogP contribution is 1.40. The van der Waals surface area contributed by atoms with Crippen molar-refractivity contribution < 1.29 is 15.1 Å². The molecule has 0 bridgehead atoms. The van der Waals surface area contributed by atoms with Gasteiger partial charge in [0, 0.05) is 23.1 Å². The van der Waals surface area contributed by atoms with Gasteiger partial charge in [-0.3, -0.25) is 0 Å². The van der Waals surface area contributed by atoms with Crippen LogP contribution >= 0.6 is 12.4 Å². The zero-order chi connectivity index (χ0) is 3.58. The third-order valence-electron chi connectivity index (χ3n) is 0. The fraction of sp³-hybridized carbons (Fsp3) is 0. The molecule has 0 aromatic heterocycles. The van der Waals surface area contributed by atoms with E-state index >= 15 is 0 Å². The molecule has 0 aliphatic rings. The van der Waals surface area contributed by atoms with E-state index in [1.54, 1.807) is 0 Å². The van der Waals surface area contributed by atoms with Crippen LogP contribution in [0.3, 0.4) is 0 Å². The van der Waals surface area contributed by atoms with Gasteiger partial charge < -0.3 is 15.1 Å². The first kappa shape index (κ1) is 15.7. The molecule has 0 atom stereocenters. The first-order valence-corrected chi connectivity index (χ1v) is 0.775. The van der Waals surface area contributed by atoms with Crippen LogP contribution in [0.5, 0.6) is 0 Å². The van der Waals surface area contributed by atoms with Crippen molar-refractivity contribution in [3.63, 3.8) is 0 Å². The van der Waals surface area contributed by atoms with Gasteiger partial charge in [0.2, 0.25) is 0 Å². The van der Waals surface area contributed by atoms with Crippen LogP contribution < -0.4 is 0 Å². The summed E-state index contributed by atoms with van der Waals surface area (Å²) < 4.78 is 0. The molecule has 0 aliphatic carbocycles. The van der Waals surface area contributed by atoms with Gasteiger partial charge in [0.05, 0.1) is 0 Å². The van der Waals surface area contributed by atoms with Gasteiger partial charge in [0.25, 0.3) is 0 Å². The van der Waals surface area contributed by atoms with Crippen LogP contribution in [0.1, 0.15) is 0 Å². The summed E-state index contributed by atoms with van der Waals surface area (Å²) in [5.74, 6) is 0. The van der Waals surface area contributed by atoms with E-state index in [2.05, 4.69) is 0 Å². The second-order valence-corrected chi connectivity index (χ2v) is 0.346. The van der Waals surface area contributed by atoms with E-state index in [0.717, 1.165) is 0 Å². The molecule has 0 aromatic rings. The van der Waals surface area contributed by atoms with Gasteiger partial charge in [-0.05, 0) is 0 Å². The Balaban J connectivity index is -0.0000000450. The highest BCUT2D eigenvalue weighted by atomic mass is 35.5. The van der Waals surface area contributed by atoms with Gasteiger partial charge in [0.1, 0.15) is 0 Å². The average molecular weight is 123 g/mol. The Bertz CT molecular complexity index is 15.5. The normalized spacial score (nSPS) is 4.50. The fourth-order valence-electron chi connectivity index (χ4n) is 0. The Morgan fingerprint density at radius 3 is 1.00 bits per heavy atom. The third-order valence-corrected chi connectivity index (χ3v) is 0. The Kier molecular flexibility index (Phi) is 24.6. The lowest BCUT2D eigenvalue weighted by Crippen LogP contribution is -2.07. The molecule has 0 amide bonds. The minimum absolute atomic E-state index is 0. The third kappa shape index (κ3) is 79.9. The van der Waals surface area contributed by atoms with Crippen molar-refractivity contribution in [3.05, 3.63) is 0 Å². The van der Waals surface area contributed by atoms with E-state index in [-0.39, 0.29) is 35.5 Å². The summed E-state index contributed by atoms with van der Waals surface area (Å²) in [5.41, 5.74) is 0. The maximum Gasteiger partial charge on any atom is 0.631 e. The predicted molar refractivity (Wildman–Crippen MR) is 25.4 cm³/mol. The molecule has 0 saturated carbocycles. The molecule has 3 nitrogen and oxygen atoms in total. The monoisotopic (exact) mass is 122 g/mol. The lowest BCUT2D eigenvalue weighted by molar-refractivity contribution is 0.278. The van der Waals surface area contributed by atoms with E-state index < -0.39 is 7.32 Å². The lowest BCUT2D eigenvalue weighted by Gasteiger charge is -1.69. The van der Waals surface area contributed by atoms with Gasteiger partial charge in [-0.25, -0.2) is 0 Å². The molecule has 0 heterocycles. The van der Waals surface area contributed by atoms with E-state index in [1.807, 2.05) is 0 Å². The minimum Gasteiger partial charge on any atom is -0.402 e. The van der Waals surface area contributed by atoms with Crippen molar-refractivity contribution in [1.29, 1.82) is 0 Å². The summed E-state index contributed by atoms with van der Waals surface area (Å²) in [6.45, 7) is 0. The van der Waals surface area contributed by atoms with Gasteiger partial charge in [-0.2, -0.15) is 0 Å². The van der Waals surface area contributed by atoms with Crippen molar-refractivity contribution in [2.24, 2.45) is 0 Å². The molecule has 3 N–H and O–H groups in total. The van der Waals surface area contributed by atoms with Gasteiger partial charge in [-0.1, -0.05) is 0 Å². The van der Waals surface area contributed by atoms with Gasteiger partial charge in [-0.15, -0.1) is 12.4 Å².